The summed E-state index contributed by atoms with van der Waals surface area (Å²) in [5.74, 6) is 0.130. The molecule has 2 unspecified atom stereocenters. The molecule has 2 N–H and O–H groups in total. The zero-order valence-electron chi connectivity index (χ0n) is 17.2. The fourth-order valence-electron chi connectivity index (χ4n) is 3.99. The van der Waals surface area contributed by atoms with E-state index >= 15 is 0 Å². The van der Waals surface area contributed by atoms with Crippen LogP contribution < -0.4 is 5.32 Å². The molecule has 0 aliphatic carbocycles. The van der Waals surface area contributed by atoms with E-state index in [4.69, 9.17) is 21.1 Å². The highest BCUT2D eigenvalue weighted by Crippen LogP contribution is 2.28. The van der Waals surface area contributed by atoms with E-state index in [1.165, 1.54) is 0 Å². The van der Waals surface area contributed by atoms with Gasteiger partial charge in [0.05, 0.1) is 24.4 Å². The number of halogens is 2. The SMILES string of the molecule is O=C(OCC1CCOC1)N1CCC(Nc2nc(-c3c[nH]c4ncc(Cl)cc34)ncc2F)C1. The number of likely N-dealkylation sites (tertiary alicyclic amines) is 1. The molecule has 5 heterocycles. The molecule has 1 amide bonds. The number of amides is 1. The molecule has 32 heavy (non-hydrogen) atoms. The Morgan fingerprint density at radius 2 is 2.28 bits per heavy atom. The number of rotatable bonds is 5. The number of pyridine rings is 1. The Balaban J connectivity index is 1.25. The number of nitrogens with zero attached hydrogens (tertiary/aromatic N) is 4. The van der Waals surface area contributed by atoms with Crippen molar-refractivity contribution in [2.75, 3.05) is 38.2 Å². The van der Waals surface area contributed by atoms with Crippen LogP contribution in [0.15, 0.2) is 24.7 Å². The lowest BCUT2D eigenvalue weighted by molar-refractivity contribution is 0.0893. The summed E-state index contributed by atoms with van der Waals surface area (Å²) in [6.45, 7) is 2.65. The van der Waals surface area contributed by atoms with Crippen LogP contribution in [-0.4, -0.2) is 69.9 Å². The first-order chi connectivity index (χ1) is 15.6. The van der Waals surface area contributed by atoms with Gasteiger partial charge in [0.15, 0.2) is 17.5 Å². The lowest BCUT2D eigenvalue weighted by atomic mass is 10.1. The molecule has 9 nitrogen and oxygen atoms in total. The Kier molecular flexibility index (Phi) is 5.79. The van der Waals surface area contributed by atoms with E-state index < -0.39 is 5.82 Å². The molecule has 2 aliphatic heterocycles. The lowest BCUT2D eigenvalue weighted by Gasteiger charge is -2.18. The average Bonchev–Trinajstić information content (AvgIpc) is 3.54. The summed E-state index contributed by atoms with van der Waals surface area (Å²) in [6.07, 6.45) is 5.60. The second-order valence-electron chi connectivity index (χ2n) is 8.02. The number of nitrogens with one attached hydrogen (secondary N) is 2. The van der Waals surface area contributed by atoms with Crippen molar-refractivity contribution in [1.29, 1.82) is 0 Å². The van der Waals surface area contributed by atoms with E-state index in [9.17, 15) is 9.18 Å². The van der Waals surface area contributed by atoms with Crippen molar-refractivity contribution in [3.05, 3.63) is 35.5 Å². The first-order valence-corrected chi connectivity index (χ1v) is 10.9. The number of aromatic nitrogens is 4. The number of hydrogen-bond donors (Lipinski definition) is 2. The summed E-state index contributed by atoms with van der Waals surface area (Å²) in [4.78, 5) is 29.7. The fraction of sp³-hybridized carbons (Fsp3) is 0.429. The van der Waals surface area contributed by atoms with Crippen LogP contribution in [0.2, 0.25) is 5.02 Å². The van der Waals surface area contributed by atoms with Crippen molar-refractivity contribution in [2.24, 2.45) is 5.92 Å². The first kappa shape index (κ1) is 20.9. The van der Waals surface area contributed by atoms with Gasteiger partial charge in [-0.1, -0.05) is 11.6 Å². The molecule has 2 saturated heterocycles. The largest absolute Gasteiger partial charge is 0.449 e. The van der Waals surface area contributed by atoms with Crippen molar-refractivity contribution in [3.63, 3.8) is 0 Å². The highest BCUT2D eigenvalue weighted by molar-refractivity contribution is 6.31. The number of hydrogen-bond acceptors (Lipinski definition) is 7. The smallest absolute Gasteiger partial charge is 0.409 e. The van der Waals surface area contributed by atoms with E-state index in [1.807, 2.05) is 0 Å². The van der Waals surface area contributed by atoms with Crippen LogP contribution in [0, 0.1) is 11.7 Å². The predicted molar refractivity (Wildman–Crippen MR) is 116 cm³/mol. The van der Waals surface area contributed by atoms with Gasteiger partial charge in [0, 0.05) is 55.0 Å². The first-order valence-electron chi connectivity index (χ1n) is 10.5. The maximum atomic E-state index is 14.4. The van der Waals surface area contributed by atoms with Gasteiger partial charge >= 0.3 is 6.09 Å². The minimum atomic E-state index is -0.563. The Labute approximate surface area is 188 Å². The normalized spacial score (nSPS) is 20.8. The van der Waals surface area contributed by atoms with Gasteiger partial charge in [0.1, 0.15) is 5.65 Å². The van der Waals surface area contributed by atoms with Gasteiger partial charge < -0.3 is 24.7 Å². The van der Waals surface area contributed by atoms with Gasteiger partial charge in [0.2, 0.25) is 0 Å². The highest BCUT2D eigenvalue weighted by Gasteiger charge is 2.29. The van der Waals surface area contributed by atoms with Crippen LogP contribution in [0.3, 0.4) is 0 Å². The number of H-pyrrole nitrogens is 1. The van der Waals surface area contributed by atoms with Gasteiger partial charge in [-0.05, 0) is 18.9 Å². The zero-order chi connectivity index (χ0) is 22.1. The molecule has 2 aliphatic rings. The molecule has 2 fully saturated rings. The standard InChI is InChI=1S/C21H22ClFN6O3/c22-13-5-15-16(7-25-18(15)24-6-13)19-26-8-17(23)20(28-19)27-14-1-3-29(9-14)21(30)32-11-12-2-4-31-10-12/h5-8,12,14H,1-4,9-11H2,(H,24,25)(H,26,27,28). The molecule has 168 valence electrons. The maximum absolute atomic E-state index is 14.4. The molecule has 3 aromatic rings. The molecule has 5 rings (SSSR count). The van der Waals surface area contributed by atoms with Crippen LogP contribution >= 0.6 is 11.6 Å². The summed E-state index contributed by atoms with van der Waals surface area (Å²) in [7, 11) is 0. The number of ether oxygens (including phenoxy) is 2. The lowest BCUT2D eigenvalue weighted by Crippen LogP contribution is -2.33. The summed E-state index contributed by atoms with van der Waals surface area (Å²) in [5, 5.41) is 4.34. The summed E-state index contributed by atoms with van der Waals surface area (Å²) >= 11 is 6.07. The van der Waals surface area contributed by atoms with E-state index in [0.717, 1.165) is 18.0 Å². The minimum absolute atomic E-state index is 0.0858. The highest BCUT2D eigenvalue weighted by atomic mass is 35.5. The molecular weight excluding hydrogens is 439 g/mol. The number of carbonyl (C=O) groups excluding carboxylic acids is 1. The molecular formula is C21H22ClFN6O3. The third kappa shape index (κ3) is 4.33. The molecule has 0 radical (unpaired) electrons. The third-order valence-electron chi connectivity index (χ3n) is 5.74. The quantitative estimate of drug-likeness (QED) is 0.600. The molecule has 2 atom stereocenters. The Hall–Kier alpha value is -2.98. The van der Waals surface area contributed by atoms with Crippen LogP contribution in [0.25, 0.3) is 22.4 Å². The second-order valence-corrected chi connectivity index (χ2v) is 8.46. The minimum Gasteiger partial charge on any atom is -0.449 e. The van der Waals surface area contributed by atoms with Crippen LogP contribution in [0.5, 0.6) is 0 Å². The summed E-state index contributed by atoms with van der Waals surface area (Å²) in [5.41, 5.74) is 1.31. The zero-order valence-corrected chi connectivity index (χ0v) is 17.9. The van der Waals surface area contributed by atoms with Gasteiger partial charge in [-0.2, -0.15) is 0 Å². The molecule has 0 saturated carbocycles. The number of anilines is 1. The second kappa shape index (κ2) is 8.87. The molecule has 0 spiro atoms. The molecule has 0 aromatic carbocycles. The van der Waals surface area contributed by atoms with Gasteiger partial charge in [-0.3, -0.25) is 0 Å². The van der Waals surface area contributed by atoms with Crippen LogP contribution in [-0.2, 0) is 9.47 Å². The van der Waals surface area contributed by atoms with Crippen molar-refractivity contribution in [1.82, 2.24) is 24.8 Å². The van der Waals surface area contributed by atoms with E-state index in [0.29, 0.717) is 61.4 Å². The average molecular weight is 461 g/mol. The predicted octanol–water partition coefficient (Wildman–Crippen LogP) is 3.47. The number of fused-ring (bicyclic) bond motifs is 1. The van der Waals surface area contributed by atoms with Crippen molar-refractivity contribution >= 4 is 34.5 Å². The third-order valence-corrected chi connectivity index (χ3v) is 5.94. The van der Waals surface area contributed by atoms with Crippen LogP contribution in [0.4, 0.5) is 15.0 Å². The van der Waals surface area contributed by atoms with E-state index in [-0.39, 0.29) is 23.9 Å². The molecule has 3 aromatic heterocycles. The van der Waals surface area contributed by atoms with Gasteiger partial charge in [-0.25, -0.2) is 24.1 Å². The van der Waals surface area contributed by atoms with Crippen molar-refractivity contribution in [3.8, 4) is 11.4 Å². The Morgan fingerprint density at radius 3 is 3.12 bits per heavy atom. The molecule has 11 heteroatoms. The monoisotopic (exact) mass is 460 g/mol. The van der Waals surface area contributed by atoms with E-state index in [1.54, 1.807) is 23.4 Å². The number of aromatic amines is 1. The van der Waals surface area contributed by atoms with Gasteiger partial charge in [0.25, 0.3) is 0 Å². The Morgan fingerprint density at radius 1 is 1.38 bits per heavy atom. The molecule has 0 bridgehead atoms. The summed E-state index contributed by atoms with van der Waals surface area (Å²) < 4.78 is 25.2. The number of carbonyl (C=O) groups is 1. The van der Waals surface area contributed by atoms with Crippen LogP contribution in [0.1, 0.15) is 12.8 Å². The fourth-order valence-corrected chi connectivity index (χ4v) is 4.15. The topological polar surface area (TPSA) is 105 Å². The van der Waals surface area contributed by atoms with E-state index in [2.05, 4.69) is 25.3 Å². The van der Waals surface area contributed by atoms with Crippen molar-refractivity contribution < 1.29 is 18.7 Å². The van der Waals surface area contributed by atoms with Gasteiger partial charge in [-0.15, -0.1) is 0 Å². The maximum Gasteiger partial charge on any atom is 0.409 e. The Bertz CT molecular complexity index is 1140. The summed E-state index contributed by atoms with van der Waals surface area (Å²) in [6, 6.07) is 1.61. The van der Waals surface area contributed by atoms with Crippen molar-refractivity contribution in [2.45, 2.75) is 18.9 Å².